The summed E-state index contributed by atoms with van der Waals surface area (Å²) in [6.07, 6.45) is 4.67. The predicted molar refractivity (Wildman–Crippen MR) is 66.7 cm³/mol. The van der Waals surface area contributed by atoms with Gasteiger partial charge in [-0.05, 0) is 39.2 Å². The summed E-state index contributed by atoms with van der Waals surface area (Å²) in [5, 5.41) is 8.73. The van der Waals surface area contributed by atoms with Crippen LogP contribution in [0.2, 0.25) is 0 Å². The third-order valence-corrected chi connectivity index (χ3v) is 4.06. The molecule has 2 unspecified atom stereocenters. The van der Waals surface area contributed by atoms with Crippen molar-refractivity contribution in [2.45, 2.75) is 51.1 Å². The number of piperazine rings is 1. The van der Waals surface area contributed by atoms with Crippen LogP contribution >= 0.6 is 0 Å². The van der Waals surface area contributed by atoms with Crippen LogP contribution in [0.3, 0.4) is 0 Å². The average Bonchev–Trinajstić information content (AvgIpc) is 2.75. The Morgan fingerprint density at radius 3 is 2.94 bits per heavy atom. The van der Waals surface area contributed by atoms with Gasteiger partial charge in [0.05, 0.1) is 0 Å². The molecular weight excluding hydrogens is 216 g/mol. The average molecular weight is 240 g/mol. The number of fused-ring (bicyclic) bond motifs is 1. The summed E-state index contributed by atoms with van der Waals surface area (Å²) in [5.41, 5.74) is 0. The maximum atomic E-state index is 12.1. The number of nitrogens with zero attached hydrogens (tertiary/aromatic N) is 2. The molecule has 2 heterocycles. The maximum absolute atomic E-state index is 12.1. The maximum Gasteiger partial charge on any atom is 0.222 e. The van der Waals surface area contributed by atoms with Gasteiger partial charge in [0, 0.05) is 38.2 Å². The number of rotatable bonds is 4. The van der Waals surface area contributed by atoms with E-state index in [4.69, 9.17) is 5.11 Å². The molecule has 2 saturated heterocycles. The summed E-state index contributed by atoms with van der Waals surface area (Å²) in [7, 11) is 0. The molecule has 0 aromatic rings. The zero-order valence-corrected chi connectivity index (χ0v) is 10.8. The summed E-state index contributed by atoms with van der Waals surface area (Å²) >= 11 is 0. The molecule has 0 aliphatic carbocycles. The van der Waals surface area contributed by atoms with E-state index in [1.807, 2.05) is 0 Å². The fourth-order valence-electron chi connectivity index (χ4n) is 3.07. The van der Waals surface area contributed by atoms with E-state index in [9.17, 15) is 4.79 Å². The molecule has 2 aliphatic heterocycles. The lowest BCUT2D eigenvalue weighted by Gasteiger charge is -2.42. The van der Waals surface area contributed by atoms with Gasteiger partial charge in [0.2, 0.25) is 5.91 Å². The van der Waals surface area contributed by atoms with Crippen LogP contribution in [0.25, 0.3) is 0 Å². The molecule has 2 fully saturated rings. The van der Waals surface area contributed by atoms with Gasteiger partial charge < -0.3 is 10.0 Å². The van der Waals surface area contributed by atoms with Crippen molar-refractivity contribution in [1.82, 2.24) is 9.80 Å². The zero-order valence-electron chi connectivity index (χ0n) is 10.8. The standard InChI is InChI=1S/C13H24N2O2/c1-11-9-14-7-4-5-12(14)10-15(11)13(17)6-2-3-8-16/h11-12,16H,2-10H2,1H3. The zero-order chi connectivity index (χ0) is 12.3. The minimum atomic E-state index is 0.194. The molecule has 1 N–H and O–H groups in total. The van der Waals surface area contributed by atoms with Gasteiger partial charge >= 0.3 is 0 Å². The number of unbranched alkanes of at least 4 members (excludes halogenated alkanes) is 1. The number of aliphatic hydroxyl groups excluding tert-OH is 1. The van der Waals surface area contributed by atoms with E-state index in [1.165, 1.54) is 19.4 Å². The van der Waals surface area contributed by atoms with Crippen molar-refractivity contribution in [3.05, 3.63) is 0 Å². The van der Waals surface area contributed by atoms with Crippen LogP contribution in [-0.4, -0.2) is 59.1 Å². The number of carbonyl (C=O) groups excluding carboxylic acids is 1. The van der Waals surface area contributed by atoms with Gasteiger partial charge in [-0.2, -0.15) is 0 Å². The highest BCUT2D eigenvalue weighted by Gasteiger charge is 2.35. The van der Waals surface area contributed by atoms with Gasteiger partial charge in [-0.25, -0.2) is 0 Å². The highest BCUT2D eigenvalue weighted by atomic mass is 16.3. The quantitative estimate of drug-likeness (QED) is 0.741. The van der Waals surface area contributed by atoms with E-state index < -0.39 is 0 Å². The first-order chi connectivity index (χ1) is 8.22. The Hall–Kier alpha value is -0.610. The van der Waals surface area contributed by atoms with Gasteiger partial charge in [-0.3, -0.25) is 9.69 Å². The molecule has 17 heavy (non-hydrogen) atoms. The molecule has 0 radical (unpaired) electrons. The first kappa shape index (κ1) is 12.8. The van der Waals surface area contributed by atoms with Crippen molar-refractivity contribution >= 4 is 5.91 Å². The fraction of sp³-hybridized carbons (Fsp3) is 0.923. The minimum absolute atomic E-state index is 0.194. The molecule has 0 bridgehead atoms. The van der Waals surface area contributed by atoms with Crippen LogP contribution in [0.15, 0.2) is 0 Å². The van der Waals surface area contributed by atoms with E-state index in [0.29, 0.717) is 18.5 Å². The molecule has 0 aromatic heterocycles. The van der Waals surface area contributed by atoms with Crippen molar-refractivity contribution < 1.29 is 9.90 Å². The number of amides is 1. The normalized spacial score (nSPS) is 29.4. The molecule has 2 aliphatic rings. The molecule has 4 heteroatoms. The topological polar surface area (TPSA) is 43.8 Å². The van der Waals surface area contributed by atoms with Crippen LogP contribution < -0.4 is 0 Å². The summed E-state index contributed by atoms with van der Waals surface area (Å²) in [6.45, 7) is 5.51. The fourth-order valence-corrected chi connectivity index (χ4v) is 3.07. The van der Waals surface area contributed by atoms with Gasteiger partial charge in [-0.1, -0.05) is 0 Å². The molecule has 2 atom stereocenters. The first-order valence-electron chi connectivity index (χ1n) is 6.86. The smallest absolute Gasteiger partial charge is 0.222 e. The number of carbonyl (C=O) groups is 1. The predicted octanol–water partition coefficient (Wildman–Crippen LogP) is 0.844. The first-order valence-corrected chi connectivity index (χ1v) is 6.86. The Balaban J connectivity index is 1.84. The van der Waals surface area contributed by atoms with Crippen LogP contribution in [0.4, 0.5) is 0 Å². The van der Waals surface area contributed by atoms with Gasteiger partial charge in [0.1, 0.15) is 0 Å². The summed E-state index contributed by atoms with van der Waals surface area (Å²) in [6, 6.07) is 0.957. The number of hydrogen-bond acceptors (Lipinski definition) is 3. The third kappa shape index (κ3) is 2.99. The minimum Gasteiger partial charge on any atom is -0.396 e. The van der Waals surface area contributed by atoms with Crippen molar-refractivity contribution in [2.75, 3.05) is 26.2 Å². The Morgan fingerprint density at radius 2 is 2.18 bits per heavy atom. The molecule has 4 nitrogen and oxygen atoms in total. The highest BCUT2D eigenvalue weighted by molar-refractivity contribution is 5.76. The second kappa shape index (κ2) is 5.83. The van der Waals surface area contributed by atoms with Crippen molar-refractivity contribution in [2.24, 2.45) is 0 Å². The lowest BCUT2D eigenvalue weighted by molar-refractivity contribution is -0.136. The van der Waals surface area contributed by atoms with E-state index in [0.717, 1.165) is 25.9 Å². The molecule has 98 valence electrons. The largest absolute Gasteiger partial charge is 0.396 e. The highest BCUT2D eigenvalue weighted by Crippen LogP contribution is 2.25. The second-order valence-electron chi connectivity index (χ2n) is 5.37. The molecule has 0 saturated carbocycles. The van der Waals surface area contributed by atoms with Gasteiger partial charge in [0.25, 0.3) is 0 Å². The Labute approximate surface area is 104 Å². The summed E-state index contributed by atoms with van der Waals surface area (Å²) in [4.78, 5) is 16.7. The summed E-state index contributed by atoms with van der Waals surface area (Å²) in [5.74, 6) is 0.275. The molecular formula is C13H24N2O2. The third-order valence-electron chi connectivity index (χ3n) is 4.06. The second-order valence-corrected chi connectivity index (χ2v) is 5.37. The van der Waals surface area contributed by atoms with E-state index in [-0.39, 0.29) is 12.5 Å². The van der Waals surface area contributed by atoms with E-state index in [2.05, 4.69) is 16.7 Å². The van der Waals surface area contributed by atoms with Crippen molar-refractivity contribution in [3.63, 3.8) is 0 Å². The monoisotopic (exact) mass is 240 g/mol. The van der Waals surface area contributed by atoms with Crippen LogP contribution in [0.1, 0.15) is 39.0 Å². The van der Waals surface area contributed by atoms with Crippen molar-refractivity contribution in [1.29, 1.82) is 0 Å². The van der Waals surface area contributed by atoms with Crippen LogP contribution in [0, 0.1) is 0 Å². The Morgan fingerprint density at radius 1 is 1.35 bits per heavy atom. The Kier molecular flexibility index (Phi) is 4.40. The molecule has 1 amide bonds. The lowest BCUT2D eigenvalue weighted by atomic mass is 10.1. The SMILES string of the molecule is CC1CN2CCCC2CN1C(=O)CCCCO. The Bertz CT molecular complexity index is 270. The van der Waals surface area contributed by atoms with Crippen LogP contribution in [0.5, 0.6) is 0 Å². The number of aliphatic hydroxyl groups is 1. The van der Waals surface area contributed by atoms with E-state index >= 15 is 0 Å². The van der Waals surface area contributed by atoms with E-state index in [1.54, 1.807) is 0 Å². The molecule has 0 aromatic carbocycles. The molecule has 0 spiro atoms. The van der Waals surface area contributed by atoms with Crippen LogP contribution in [-0.2, 0) is 4.79 Å². The van der Waals surface area contributed by atoms with Crippen molar-refractivity contribution in [3.8, 4) is 0 Å². The lowest BCUT2D eigenvalue weighted by Crippen LogP contribution is -2.56. The number of hydrogen-bond donors (Lipinski definition) is 1. The van der Waals surface area contributed by atoms with Gasteiger partial charge in [0.15, 0.2) is 0 Å². The molecule has 2 rings (SSSR count). The summed E-state index contributed by atoms with van der Waals surface area (Å²) < 4.78 is 0. The van der Waals surface area contributed by atoms with Gasteiger partial charge in [-0.15, -0.1) is 0 Å².